The fourth-order valence-corrected chi connectivity index (χ4v) is 9.06. The van der Waals surface area contributed by atoms with Crippen molar-refractivity contribution in [1.29, 1.82) is 0 Å². The van der Waals surface area contributed by atoms with Crippen LogP contribution in [0.3, 0.4) is 0 Å². The highest BCUT2D eigenvalue weighted by Gasteiger charge is 2.38. The lowest BCUT2D eigenvalue weighted by molar-refractivity contribution is -0.143. The number of ether oxygens (including phenoxy) is 2. The van der Waals surface area contributed by atoms with Gasteiger partial charge in [-0.15, -0.1) is 0 Å². The monoisotopic (exact) mass is 830 g/mol. The van der Waals surface area contributed by atoms with Crippen LogP contribution in [0.4, 0.5) is 11.4 Å². The van der Waals surface area contributed by atoms with Gasteiger partial charge in [-0.2, -0.15) is 0 Å². The van der Waals surface area contributed by atoms with Gasteiger partial charge in [0.05, 0.1) is 33.6 Å². The van der Waals surface area contributed by atoms with Crippen LogP contribution in [0, 0.1) is 0 Å². The average molecular weight is 832 g/mol. The van der Waals surface area contributed by atoms with Gasteiger partial charge in [0, 0.05) is 74.4 Å². The number of hydrogen-bond acceptors (Lipinski definition) is 10. The van der Waals surface area contributed by atoms with E-state index in [0.717, 1.165) is 11.1 Å². The van der Waals surface area contributed by atoms with Gasteiger partial charge in [0.15, 0.2) is 13.2 Å². The first-order valence-corrected chi connectivity index (χ1v) is 19.7. The molecular formula is C42H40Cl2N4O10. The fourth-order valence-electron chi connectivity index (χ4n) is 8.38. The van der Waals surface area contributed by atoms with Gasteiger partial charge in [-0.25, -0.2) is 0 Å². The number of fused-ring (bicyclic) bond motifs is 2. The van der Waals surface area contributed by atoms with Gasteiger partial charge < -0.3 is 39.7 Å². The van der Waals surface area contributed by atoms with Crippen LogP contribution in [0.1, 0.15) is 12.8 Å². The molecule has 0 spiro atoms. The second-order valence-electron chi connectivity index (χ2n) is 14.8. The molecular weight excluding hydrogens is 791 g/mol. The van der Waals surface area contributed by atoms with Crippen LogP contribution in [0.2, 0.25) is 10.0 Å². The third kappa shape index (κ3) is 7.59. The number of halogens is 2. The number of carbonyl (C=O) groups excluding carboxylic acids is 2. The zero-order chi connectivity index (χ0) is 40.8. The number of hydrogen-bond donors (Lipinski definition) is 4. The summed E-state index contributed by atoms with van der Waals surface area (Å²) in [5.41, 5.74) is 5.35. The molecule has 2 saturated heterocycles. The predicted octanol–water partition coefficient (Wildman–Crippen LogP) is 4.48. The van der Waals surface area contributed by atoms with Crippen molar-refractivity contribution in [3.8, 4) is 44.9 Å². The van der Waals surface area contributed by atoms with Crippen molar-refractivity contribution in [1.82, 2.24) is 9.80 Å². The first kappa shape index (κ1) is 39.6. The summed E-state index contributed by atoms with van der Waals surface area (Å²) in [6, 6.07) is 20.5. The Morgan fingerprint density at radius 3 is 1.40 bits per heavy atom. The Hall–Kier alpha value is -5.22. The standard InChI is InChI=1S/C42H40Cl2N4O10/c43-39-27(23-7-9-31-35(15-23)57-21-37(51)47(31)13-11-45-19-25(49)17-33(45)41(53)54)3-1-5-29(39)30-6-2-4-28(40(30)44)24-8-10-32-36(16-24)58-22-38(52)48(32)14-12-46-20-26(50)18-34(46)42(55)56/h1-10,15-16,25-26,33-34,49-50H,11-14,17-22H2,(H,53,54)(H,55,56)/t25-,26+,33-,34-/m0/s1. The molecule has 4 atom stereocenters. The highest BCUT2D eigenvalue weighted by atomic mass is 35.5. The van der Waals surface area contributed by atoms with E-state index in [1.165, 1.54) is 0 Å². The molecule has 4 aromatic carbocycles. The number of carbonyl (C=O) groups is 4. The second kappa shape index (κ2) is 16.2. The molecule has 14 nitrogen and oxygen atoms in total. The molecule has 0 aliphatic carbocycles. The van der Waals surface area contributed by atoms with Crippen molar-refractivity contribution in [2.24, 2.45) is 0 Å². The zero-order valence-corrected chi connectivity index (χ0v) is 32.6. The minimum Gasteiger partial charge on any atom is -0.482 e. The number of aliphatic hydroxyl groups is 2. The Kier molecular flexibility index (Phi) is 11.1. The minimum absolute atomic E-state index is 0.139. The van der Waals surface area contributed by atoms with Crippen LogP contribution in [-0.4, -0.2) is 131 Å². The molecule has 302 valence electrons. The lowest BCUT2D eigenvalue weighted by Gasteiger charge is -2.32. The molecule has 8 rings (SSSR count). The number of carboxylic acid groups (broad SMARTS) is 2. The maximum Gasteiger partial charge on any atom is 0.321 e. The number of nitrogens with zero attached hydrogens (tertiary/aromatic N) is 4. The summed E-state index contributed by atoms with van der Waals surface area (Å²) < 4.78 is 11.7. The molecule has 0 aromatic heterocycles. The number of β-amino-alcohol motifs (C(OH)–C–C–N with tert-alkyl or cyclic N) is 2. The van der Waals surface area contributed by atoms with Crippen molar-refractivity contribution < 1.29 is 49.1 Å². The van der Waals surface area contributed by atoms with Crippen molar-refractivity contribution in [3.05, 3.63) is 82.8 Å². The van der Waals surface area contributed by atoms with Gasteiger partial charge in [0.2, 0.25) is 0 Å². The SMILES string of the molecule is O=C(O)[C@@H]1C[C@@H](O)CN1CCN1C(=O)COc2cc(-c3cccc(-c4cccc(-c5ccc6c(c5)OCC(=O)N6CCN5C[C@@H](O)C[C@H]5C(=O)O)c4Cl)c3Cl)ccc21. The maximum atomic E-state index is 13.0. The van der Waals surface area contributed by atoms with Crippen molar-refractivity contribution in [2.75, 3.05) is 62.3 Å². The van der Waals surface area contributed by atoms with Crippen LogP contribution in [0.25, 0.3) is 33.4 Å². The van der Waals surface area contributed by atoms with E-state index in [1.807, 2.05) is 60.7 Å². The van der Waals surface area contributed by atoms with Crippen molar-refractivity contribution in [3.63, 3.8) is 0 Å². The third-order valence-corrected chi connectivity index (χ3v) is 12.1. The molecule has 4 aliphatic rings. The van der Waals surface area contributed by atoms with Crippen LogP contribution in [-0.2, 0) is 19.2 Å². The van der Waals surface area contributed by atoms with E-state index in [2.05, 4.69) is 0 Å². The number of amides is 2. The first-order valence-electron chi connectivity index (χ1n) is 18.9. The molecule has 4 N–H and O–H groups in total. The average Bonchev–Trinajstić information content (AvgIpc) is 3.78. The van der Waals surface area contributed by atoms with Gasteiger partial charge in [-0.1, -0.05) is 71.7 Å². The van der Waals surface area contributed by atoms with Gasteiger partial charge in [0.25, 0.3) is 11.8 Å². The van der Waals surface area contributed by atoms with E-state index < -0.39 is 36.2 Å². The highest BCUT2D eigenvalue weighted by Crippen LogP contribution is 2.45. The molecule has 4 aliphatic heterocycles. The Morgan fingerprint density at radius 1 is 0.603 bits per heavy atom. The quantitative estimate of drug-likeness (QED) is 0.167. The molecule has 58 heavy (non-hydrogen) atoms. The van der Waals surface area contributed by atoms with Gasteiger partial charge >= 0.3 is 11.9 Å². The Morgan fingerprint density at radius 2 is 1.00 bits per heavy atom. The summed E-state index contributed by atoms with van der Waals surface area (Å²) >= 11 is 14.3. The molecule has 2 fully saturated rings. The minimum atomic E-state index is -1.01. The Labute approximate surface area is 343 Å². The Bertz CT molecular complexity index is 2150. The summed E-state index contributed by atoms with van der Waals surface area (Å²) in [6.07, 6.45) is -1.20. The first-order chi connectivity index (χ1) is 27.9. The third-order valence-electron chi connectivity index (χ3n) is 11.3. The van der Waals surface area contributed by atoms with Crippen molar-refractivity contribution in [2.45, 2.75) is 37.1 Å². The number of likely N-dealkylation sites (tertiary alicyclic amines) is 2. The van der Waals surface area contributed by atoms with Crippen LogP contribution in [0.15, 0.2) is 72.8 Å². The van der Waals surface area contributed by atoms with Gasteiger partial charge in [0.1, 0.15) is 23.6 Å². The molecule has 0 unspecified atom stereocenters. The predicted molar refractivity (Wildman–Crippen MR) is 216 cm³/mol. The summed E-state index contributed by atoms with van der Waals surface area (Å²) in [4.78, 5) is 55.9. The molecule has 0 radical (unpaired) electrons. The molecule has 2 amide bonds. The smallest absolute Gasteiger partial charge is 0.321 e. The van der Waals surface area contributed by atoms with E-state index >= 15 is 0 Å². The lowest BCUT2D eigenvalue weighted by atomic mass is 9.95. The second-order valence-corrected chi connectivity index (χ2v) is 15.6. The number of aliphatic carboxylic acids is 2. The topological polar surface area (TPSA) is 181 Å². The summed E-state index contributed by atoms with van der Waals surface area (Å²) in [5.74, 6) is -1.57. The molecule has 4 aromatic rings. The van der Waals surface area contributed by atoms with E-state index in [-0.39, 0.29) is 77.1 Å². The van der Waals surface area contributed by atoms with E-state index in [1.54, 1.807) is 31.7 Å². The number of rotatable bonds is 11. The molecule has 0 saturated carbocycles. The van der Waals surface area contributed by atoms with Crippen molar-refractivity contribution >= 4 is 58.3 Å². The van der Waals surface area contributed by atoms with Crippen LogP contribution in [0.5, 0.6) is 11.5 Å². The summed E-state index contributed by atoms with van der Waals surface area (Å²) in [6.45, 7) is 1.06. The molecule has 16 heteroatoms. The van der Waals surface area contributed by atoms with E-state index in [9.17, 15) is 39.6 Å². The van der Waals surface area contributed by atoms with Crippen LogP contribution < -0.4 is 19.3 Å². The number of benzene rings is 4. The number of anilines is 2. The molecule has 4 heterocycles. The lowest BCUT2D eigenvalue weighted by Crippen LogP contribution is -2.45. The fraction of sp³-hybridized carbons (Fsp3) is 0.333. The van der Waals surface area contributed by atoms with E-state index in [4.69, 9.17) is 32.7 Å². The van der Waals surface area contributed by atoms with Gasteiger partial charge in [-0.3, -0.25) is 29.0 Å². The van der Waals surface area contributed by atoms with Gasteiger partial charge in [-0.05, 0) is 35.4 Å². The maximum absolute atomic E-state index is 13.0. The highest BCUT2D eigenvalue weighted by molar-refractivity contribution is 6.39. The summed E-state index contributed by atoms with van der Waals surface area (Å²) in [5, 5.41) is 40.2. The number of carboxylic acids is 2. The Balaban J connectivity index is 1.02. The number of aliphatic hydroxyl groups excluding tert-OH is 2. The molecule has 0 bridgehead atoms. The normalized spacial score (nSPS) is 22.1. The van der Waals surface area contributed by atoms with Crippen LogP contribution >= 0.6 is 23.2 Å². The largest absolute Gasteiger partial charge is 0.482 e. The van der Waals surface area contributed by atoms with E-state index in [0.29, 0.717) is 55.2 Å². The summed E-state index contributed by atoms with van der Waals surface area (Å²) in [7, 11) is 0. The zero-order valence-electron chi connectivity index (χ0n) is 31.1.